The van der Waals surface area contributed by atoms with Crippen LogP contribution >= 0.6 is 0 Å². The molecule has 1 spiro atoms. The van der Waals surface area contributed by atoms with Crippen molar-refractivity contribution in [2.45, 2.75) is 26.2 Å². The molecule has 5 fully saturated rings. The SMILES string of the molecule is CC12CCC1C13CC4C2C1C43. The van der Waals surface area contributed by atoms with E-state index in [1.807, 2.05) is 0 Å². The Kier molecular flexibility index (Phi) is 0.400. The van der Waals surface area contributed by atoms with Gasteiger partial charge in [0.25, 0.3) is 0 Å². The molecule has 5 aliphatic rings. The van der Waals surface area contributed by atoms with Crippen LogP contribution in [0.4, 0.5) is 0 Å². The molecule has 0 saturated heterocycles. The molecule has 5 aliphatic carbocycles. The topological polar surface area (TPSA) is 0 Å². The largest absolute Gasteiger partial charge is 0.0591 e. The van der Waals surface area contributed by atoms with E-state index in [-0.39, 0.29) is 0 Å². The molecule has 0 aromatic rings. The Labute approximate surface area is 67.4 Å². The van der Waals surface area contributed by atoms with Crippen molar-refractivity contribution < 1.29 is 0 Å². The summed E-state index contributed by atoms with van der Waals surface area (Å²) in [5.41, 5.74) is 1.91. The highest BCUT2D eigenvalue weighted by molar-refractivity contribution is 5.44. The van der Waals surface area contributed by atoms with E-state index in [4.69, 9.17) is 0 Å². The average Bonchev–Trinajstić information content (AvgIpc) is 2.23. The van der Waals surface area contributed by atoms with Crippen LogP contribution in [-0.4, -0.2) is 0 Å². The summed E-state index contributed by atoms with van der Waals surface area (Å²) in [5.74, 6) is 6.30. The van der Waals surface area contributed by atoms with Gasteiger partial charge in [-0.05, 0) is 59.7 Å². The number of rotatable bonds is 0. The molecule has 7 atom stereocenters. The molecule has 5 saturated carbocycles. The quantitative estimate of drug-likeness (QED) is 0.492. The van der Waals surface area contributed by atoms with Crippen LogP contribution < -0.4 is 0 Å². The van der Waals surface area contributed by atoms with Gasteiger partial charge in [-0.25, -0.2) is 0 Å². The number of fused-ring (bicyclic) bond motifs is 3. The third kappa shape index (κ3) is 0.212. The summed E-state index contributed by atoms with van der Waals surface area (Å²) >= 11 is 0. The van der Waals surface area contributed by atoms with Gasteiger partial charge >= 0.3 is 0 Å². The molecular weight excluding hydrogens is 132 g/mol. The fourth-order valence-corrected chi connectivity index (χ4v) is 6.39. The Morgan fingerprint density at radius 1 is 1.18 bits per heavy atom. The lowest BCUT2D eigenvalue weighted by Crippen LogP contribution is -2.58. The van der Waals surface area contributed by atoms with E-state index < -0.39 is 0 Å². The second kappa shape index (κ2) is 0.900. The van der Waals surface area contributed by atoms with Crippen LogP contribution in [0.1, 0.15) is 26.2 Å². The van der Waals surface area contributed by atoms with Crippen molar-refractivity contribution in [3.63, 3.8) is 0 Å². The summed E-state index contributed by atoms with van der Waals surface area (Å²) in [6, 6.07) is 0. The average molecular weight is 146 g/mol. The smallest absolute Gasteiger partial charge is 0.0193 e. The lowest BCUT2D eigenvalue weighted by atomic mass is 9.40. The molecule has 0 N–H and O–H groups in total. The summed E-state index contributed by atoms with van der Waals surface area (Å²) in [5, 5.41) is 0. The summed E-state index contributed by atoms with van der Waals surface area (Å²) in [6.07, 6.45) is 4.86. The predicted octanol–water partition coefficient (Wildman–Crippen LogP) is 2.30. The molecular formula is C11H14. The Morgan fingerprint density at radius 3 is 2.45 bits per heavy atom. The Balaban J connectivity index is 1.83. The Morgan fingerprint density at radius 2 is 2.09 bits per heavy atom. The molecule has 0 radical (unpaired) electrons. The zero-order chi connectivity index (χ0) is 7.01. The molecule has 11 heavy (non-hydrogen) atoms. The molecule has 0 bridgehead atoms. The molecule has 7 unspecified atom stereocenters. The second-order valence-corrected chi connectivity index (χ2v) is 6.15. The Hall–Kier alpha value is 0. The first-order valence-electron chi connectivity index (χ1n) is 5.30. The third-order valence-electron chi connectivity index (χ3n) is 6.60. The molecule has 0 heterocycles. The number of hydrogen-bond acceptors (Lipinski definition) is 0. The van der Waals surface area contributed by atoms with Crippen LogP contribution in [0.5, 0.6) is 0 Å². The molecule has 0 aliphatic heterocycles. The van der Waals surface area contributed by atoms with Crippen molar-refractivity contribution in [1.82, 2.24) is 0 Å². The predicted molar refractivity (Wildman–Crippen MR) is 41.8 cm³/mol. The highest BCUT2D eigenvalue weighted by Crippen LogP contribution is 3.02. The van der Waals surface area contributed by atoms with Gasteiger partial charge in [0.15, 0.2) is 0 Å². The molecule has 58 valence electrons. The van der Waals surface area contributed by atoms with Crippen LogP contribution in [0.2, 0.25) is 0 Å². The monoisotopic (exact) mass is 146 g/mol. The van der Waals surface area contributed by atoms with Crippen LogP contribution in [0.25, 0.3) is 0 Å². The Bertz CT molecular complexity index is 288. The fraction of sp³-hybridized carbons (Fsp3) is 1.00. The highest BCUT2D eigenvalue weighted by atomic mass is 15.0. The van der Waals surface area contributed by atoms with E-state index in [1.165, 1.54) is 29.6 Å². The van der Waals surface area contributed by atoms with Gasteiger partial charge in [0.05, 0.1) is 0 Å². The maximum Gasteiger partial charge on any atom is -0.0193 e. The maximum atomic E-state index is 2.60. The maximum absolute atomic E-state index is 2.60. The van der Waals surface area contributed by atoms with Gasteiger partial charge in [-0.15, -0.1) is 0 Å². The van der Waals surface area contributed by atoms with Gasteiger partial charge < -0.3 is 0 Å². The summed E-state index contributed by atoms with van der Waals surface area (Å²) < 4.78 is 0. The van der Waals surface area contributed by atoms with Crippen molar-refractivity contribution in [3.8, 4) is 0 Å². The second-order valence-electron chi connectivity index (χ2n) is 6.15. The van der Waals surface area contributed by atoms with Gasteiger partial charge in [0.1, 0.15) is 0 Å². The van der Waals surface area contributed by atoms with Gasteiger partial charge in [0, 0.05) is 0 Å². The van der Waals surface area contributed by atoms with Crippen LogP contribution in [0.15, 0.2) is 0 Å². The minimum absolute atomic E-state index is 0.891. The van der Waals surface area contributed by atoms with Crippen molar-refractivity contribution in [3.05, 3.63) is 0 Å². The van der Waals surface area contributed by atoms with Crippen LogP contribution in [0, 0.1) is 40.4 Å². The molecule has 0 nitrogen and oxygen atoms in total. The third-order valence-corrected chi connectivity index (χ3v) is 6.60. The van der Waals surface area contributed by atoms with Gasteiger partial charge in [0.2, 0.25) is 0 Å². The lowest BCUT2D eigenvalue weighted by Gasteiger charge is -2.65. The fourth-order valence-electron chi connectivity index (χ4n) is 6.39. The molecule has 5 rings (SSSR count). The standard InChI is InChI=1S/C11H14/c1-10-3-2-6(10)11-4-5-7(10)9(11)8(5)11/h5-9H,2-4H2,1H3. The van der Waals surface area contributed by atoms with E-state index in [0.717, 1.165) is 10.8 Å². The van der Waals surface area contributed by atoms with Gasteiger partial charge in [-0.2, -0.15) is 0 Å². The van der Waals surface area contributed by atoms with Crippen LogP contribution in [0.3, 0.4) is 0 Å². The highest BCUT2D eigenvalue weighted by Gasteiger charge is 2.97. The normalized spacial score (nSPS) is 90.8. The first-order valence-corrected chi connectivity index (χ1v) is 5.30. The lowest BCUT2D eigenvalue weighted by molar-refractivity contribution is -0.167. The summed E-state index contributed by atoms with van der Waals surface area (Å²) in [7, 11) is 0. The first-order chi connectivity index (χ1) is 5.30. The van der Waals surface area contributed by atoms with Crippen LogP contribution in [-0.2, 0) is 0 Å². The van der Waals surface area contributed by atoms with E-state index in [9.17, 15) is 0 Å². The summed E-state index contributed by atoms with van der Waals surface area (Å²) in [6.45, 7) is 2.60. The van der Waals surface area contributed by atoms with Gasteiger partial charge in [-0.3, -0.25) is 0 Å². The number of hydrogen-bond donors (Lipinski definition) is 0. The van der Waals surface area contributed by atoms with E-state index in [2.05, 4.69) is 6.92 Å². The molecule has 0 aromatic heterocycles. The first kappa shape index (κ1) is 4.89. The molecule has 0 heteroatoms. The minimum Gasteiger partial charge on any atom is -0.0591 e. The van der Waals surface area contributed by atoms with E-state index in [0.29, 0.717) is 0 Å². The molecule has 0 aromatic carbocycles. The van der Waals surface area contributed by atoms with Crippen molar-refractivity contribution >= 4 is 0 Å². The van der Waals surface area contributed by atoms with E-state index >= 15 is 0 Å². The van der Waals surface area contributed by atoms with Crippen molar-refractivity contribution in [1.29, 1.82) is 0 Å². The zero-order valence-corrected chi connectivity index (χ0v) is 7.01. The zero-order valence-electron chi connectivity index (χ0n) is 7.01. The van der Waals surface area contributed by atoms with E-state index in [1.54, 1.807) is 19.3 Å². The molecule has 0 amide bonds. The van der Waals surface area contributed by atoms with Crippen molar-refractivity contribution in [2.24, 2.45) is 40.4 Å². The minimum atomic E-state index is 0.891. The van der Waals surface area contributed by atoms with Gasteiger partial charge in [-0.1, -0.05) is 6.92 Å². The summed E-state index contributed by atoms with van der Waals surface area (Å²) in [4.78, 5) is 0. The van der Waals surface area contributed by atoms with Crippen molar-refractivity contribution in [2.75, 3.05) is 0 Å².